The van der Waals surface area contributed by atoms with Gasteiger partial charge in [-0.2, -0.15) is 0 Å². The maximum atomic E-state index is 4.33. The molecule has 0 heterocycles. The minimum Gasteiger partial charge on any atom is -0.297 e. The Morgan fingerprint density at radius 3 is 2.60 bits per heavy atom. The third-order valence-corrected chi connectivity index (χ3v) is 4.12. The summed E-state index contributed by atoms with van der Waals surface area (Å²) < 4.78 is 0. The van der Waals surface area contributed by atoms with E-state index in [0.717, 1.165) is 11.8 Å². The van der Waals surface area contributed by atoms with Crippen molar-refractivity contribution in [2.45, 2.75) is 45.6 Å². The van der Waals surface area contributed by atoms with Gasteiger partial charge in [-0.3, -0.25) is 4.99 Å². The Hall–Kier alpha value is -0.590. The van der Waals surface area contributed by atoms with Gasteiger partial charge in [-0.05, 0) is 43.2 Å². The van der Waals surface area contributed by atoms with Crippen molar-refractivity contribution in [3.05, 3.63) is 12.2 Å². The van der Waals surface area contributed by atoms with Gasteiger partial charge in [-0.1, -0.05) is 38.8 Å². The molecule has 1 nitrogen and oxygen atoms in total. The van der Waals surface area contributed by atoms with Crippen LogP contribution in [0.25, 0.3) is 0 Å². The molecule has 0 amide bonds. The first-order chi connectivity index (χ1) is 7.20. The molecule has 4 atom stereocenters. The molecule has 2 aliphatic rings. The van der Waals surface area contributed by atoms with Crippen LogP contribution < -0.4 is 0 Å². The van der Waals surface area contributed by atoms with E-state index in [1.54, 1.807) is 0 Å². The first-order valence-electron chi connectivity index (χ1n) is 6.35. The van der Waals surface area contributed by atoms with Gasteiger partial charge in [0.2, 0.25) is 0 Å². The van der Waals surface area contributed by atoms with Crippen LogP contribution in [-0.2, 0) is 0 Å². The van der Waals surface area contributed by atoms with Crippen molar-refractivity contribution in [3.63, 3.8) is 0 Å². The molecule has 1 unspecified atom stereocenters. The fourth-order valence-electron chi connectivity index (χ4n) is 2.74. The van der Waals surface area contributed by atoms with Crippen molar-refractivity contribution < 1.29 is 0 Å². The molecule has 0 aromatic heterocycles. The van der Waals surface area contributed by atoms with Crippen molar-refractivity contribution in [3.8, 4) is 0 Å². The Labute approximate surface area is 93.7 Å². The van der Waals surface area contributed by atoms with E-state index in [-0.39, 0.29) is 0 Å². The van der Waals surface area contributed by atoms with Crippen LogP contribution in [0.4, 0.5) is 0 Å². The Balaban J connectivity index is 2.04. The van der Waals surface area contributed by atoms with E-state index in [4.69, 9.17) is 0 Å². The predicted octanol–water partition coefficient (Wildman–Crippen LogP) is 3.70. The summed E-state index contributed by atoms with van der Waals surface area (Å²) in [7, 11) is 0. The van der Waals surface area contributed by atoms with E-state index < -0.39 is 0 Å². The highest BCUT2D eigenvalue weighted by atomic mass is 14.8. The number of nitrogens with zero attached hydrogens (tertiary/aromatic N) is 1. The number of aliphatic imine (C=N–C) groups is 1. The van der Waals surface area contributed by atoms with Crippen molar-refractivity contribution in [2.24, 2.45) is 28.7 Å². The zero-order chi connectivity index (χ0) is 10.8. The van der Waals surface area contributed by atoms with Crippen LogP contribution in [0, 0.1) is 23.7 Å². The van der Waals surface area contributed by atoms with Crippen molar-refractivity contribution in [1.82, 2.24) is 0 Å². The van der Waals surface area contributed by atoms with Crippen molar-refractivity contribution in [1.29, 1.82) is 0 Å². The van der Waals surface area contributed by atoms with Crippen LogP contribution in [0.2, 0.25) is 0 Å². The van der Waals surface area contributed by atoms with E-state index >= 15 is 0 Å². The first kappa shape index (κ1) is 10.9. The second-order valence-corrected chi connectivity index (χ2v) is 5.55. The third kappa shape index (κ3) is 2.70. The van der Waals surface area contributed by atoms with Crippen molar-refractivity contribution in [2.75, 3.05) is 0 Å². The Morgan fingerprint density at radius 1 is 1.27 bits per heavy atom. The average molecular weight is 205 g/mol. The smallest absolute Gasteiger partial charge is 0.0529 e. The van der Waals surface area contributed by atoms with Crippen LogP contribution >= 0.6 is 0 Å². The molecule has 0 aromatic carbocycles. The number of hydrogen-bond acceptors (Lipinski definition) is 1. The molecule has 0 aromatic rings. The summed E-state index contributed by atoms with van der Waals surface area (Å²) >= 11 is 0. The van der Waals surface area contributed by atoms with E-state index in [1.165, 1.54) is 25.7 Å². The molecule has 0 N–H and O–H groups in total. The molecule has 84 valence electrons. The third-order valence-electron chi connectivity index (χ3n) is 4.12. The minimum atomic E-state index is 0.471. The second-order valence-electron chi connectivity index (χ2n) is 5.55. The number of rotatable bonds is 3. The number of hydrogen-bond donors (Lipinski definition) is 0. The lowest BCUT2D eigenvalue weighted by molar-refractivity contribution is 0.318. The largest absolute Gasteiger partial charge is 0.297 e. The molecule has 0 aliphatic heterocycles. The molecule has 2 aliphatic carbocycles. The summed E-state index contributed by atoms with van der Waals surface area (Å²) in [5, 5.41) is 0. The molecular weight excluding hydrogens is 182 g/mol. The van der Waals surface area contributed by atoms with Crippen LogP contribution in [0.3, 0.4) is 0 Å². The first-order valence-corrected chi connectivity index (χ1v) is 6.35. The quantitative estimate of drug-likeness (QED) is 0.492. The minimum absolute atomic E-state index is 0.471. The Bertz CT molecular complexity index is 252. The fraction of sp³-hybridized carbons (Fsp3) is 0.786. The number of allylic oxidation sites excluding steroid dienone is 2. The molecule has 0 spiro atoms. The zero-order valence-corrected chi connectivity index (χ0v) is 10.0. The molecular formula is C14H23N. The van der Waals surface area contributed by atoms with Gasteiger partial charge in [0.05, 0.1) is 6.04 Å². The molecule has 0 saturated heterocycles. The SMILES string of the molecule is C=N[C@H]1C[C@@H](C)C=CC(CC2CC2)[C@@H]1C. The topological polar surface area (TPSA) is 12.4 Å². The van der Waals surface area contributed by atoms with Gasteiger partial charge in [0, 0.05) is 0 Å². The lowest BCUT2D eigenvalue weighted by Crippen LogP contribution is -2.23. The van der Waals surface area contributed by atoms with E-state index in [2.05, 4.69) is 37.7 Å². The Kier molecular flexibility index (Phi) is 3.28. The lowest BCUT2D eigenvalue weighted by atomic mass is 9.84. The van der Waals surface area contributed by atoms with Gasteiger partial charge >= 0.3 is 0 Å². The van der Waals surface area contributed by atoms with E-state index in [1.807, 2.05) is 0 Å². The highest BCUT2D eigenvalue weighted by Crippen LogP contribution is 2.40. The fourth-order valence-corrected chi connectivity index (χ4v) is 2.74. The van der Waals surface area contributed by atoms with Gasteiger partial charge in [0.25, 0.3) is 0 Å². The van der Waals surface area contributed by atoms with Gasteiger partial charge in [-0.25, -0.2) is 0 Å². The molecule has 1 heteroatoms. The van der Waals surface area contributed by atoms with E-state index in [0.29, 0.717) is 17.9 Å². The summed E-state index contributed by atoms with van der Waals surface area (Å²) in [6.07, 6.45) is 10.3. The molecule has 2 rings (SSSR count). The van der Waals surface area contributed by atoms with Crippen molar-refractivity contribution >= 4 is 6.72 Å². The van der Waals surface area contributed by atoms with Gasteiger partial charge in [0.15, 0.2) is 0 Å². The van der Waals surface area contributed by atoms with Crippen LogP contribution in [0.15, 0.2) is 17.1 Å². The summed E-state index contributed by atoms with van der Waals surface area (Å²) in [5.41, 5.74) is 0. The van der Waals surface area contributed by atoms with E-state index in [9.17, 15) is 0 Å². The summed E-state index contributed by atoms with van der Waals surface area (Å²) in [5.74, 6) is 3.12. The van der Waals surface area contributed by atoms with Crippen LogP contribution in [-0.4, -0.2) is 12.8 Å². The summed E-state index contributed by atoms with van der Waals surface area (Å²) in [6, 6.07) is 0.471. The van der Waals surface area contributed by atoms with Gasteiger partial charge in [-0.15, -0.1) is 0 Å². The molecule has 1 fully saturated rings. The highest BCUT2D eigenvalue weighted by Gasteiger charge is 2.31. The lowest BCUT2D eigenvalue weighted by Gasteiger charge is -2.25. The van der Waals surface area contributed by atoms with Gasteiger partial charge in [0.1, 0.15) is 0 Å². The highest BCUT2D eigenvalue weighted by molar-refractivity contribution is 5.25. The second kappa shape index (κ2) is 4.51. The maximum absolute atomic E-state index is 4.33. The van der Waals surface area contributed by atoms with Gasteiger partial charge < -0.3 is 0 Å². The molecule has 0 radical (unpaired) electrons. The monoisotopic (exact) mass is 205 g/mol. The molecule has 1 saturated carbocycles. The van der Waals surface area contributed by atoms with Crippen LogP contribution in [0.1, 0.15) is 39.5 Å². The maximum Gasteiger partial charge on any atom is 0.0529 e. The Morgan fingerprint density at radius 2 is 2.00 bits per heavy atom. The van der Waals surface area contributed by atoms with Crippen LogP contribution in [0.5, 0.6) is 0 Å². The molecule has 15 heavy (non-hydrogen) atoms. The average Bonchev–Trinajstić information content (AvgIpc) is 3.03. The summed E-state index contributed by atoms with van der Waals surface area (Å²) in [6.45, 7) is 8.41. The summed E-state index contributed by atoms with van der Waals surface area (Å²) in [4.78, 5) is 4.33. The normalized spacial score (nSPS) is 41.2. The predicted molar refractivity (Wildman–Crippen MR) is 66.3 cm³/mol. The standard InChI is InChI=1S/C14H23N/c1-10-4-7-13(9-12-5-6-12)11(2)14(8-10)15-3/h4,7,10-14H,3,5-6,8-9H2,1-2H3/t10-,11-,13?,14-/m0/s1. The molecule has 0 bridgehead atoms. The zero-order valence-electron chi connectivity index (χ0n) is 10.0.